The Kier molecular flexibility index (Phi) is 5.11. The van der Waals surface area contributed by atoms with Crippen LogP contribution in [0, 0.1) is 5.92 Å². The van der Waals surface area contributed by atoms with Gasteiger partial charge in [0.25, 0.3) is 0 Å². The van der Waals surface area contributed by atoms with E-state index in [1.54, 1.807) is 0 Å². The molecule has 2 aliphatic rings. The van der Waals surface area contributed by atoms with Crippen LogP contribution < -0.4 is 5.73 Å². The Morgan fingerprint density at radius 2 is 1.95 bits per heavy atom. The summed E-state index contributed by atoms with van der Waals surface area (Å²) < 4.78 is 0. The number of benzene rings is 1. The van der Waals surface area contributed by atoms with E-state index in [2.05, 4.69) is 29.2 Å². The van der Waals surface area contributed by atoms with Gasteiger partial charge in [0.15, 0.2) is 0 Å². The Morgan fingerprint density at radius 3 is 2.68 bits per heavy atom. The van der Waals surface area contributed by atoms with Crippen LogP contribution in [0.25, 0.3) is 0 Å². The smallest absolute Gasteiger partial charge is 0.239 e. The average Bonchev–Trinajstić information content (AvgIpc) is 3.05. The van der Waals surface area contributed by atoms with Gasteiger partial charge < -0.3 is 10.6 Å². The first kappa shape index (κ1) is 15.5. The van der Waals surface area contributed by atoms with Gasteiger partial charge >= 0.3 is 0 Å². The molecule has 2 N–H and O–H groups in total. The first-order valence-corrected chi connectivity index (χ1v) is 8.54. The third-order valence-corrected chi connectivity index (χ3v) is 5.06. The van der Waals surface area contributed by atoms with Crippen LogP contribution in [0.5, 0.6) is 0 Å². The molecule has 1 aromatic rings. The van der Waals surface area contributed by atoms with E-state index in [9.17, 15) is 4.79 Å². The number of piperidine rings is 1. The van der Waals surface area contributed by atoms with Gasteiger partial charge in [-0.1, -0.05) is 36.8 Å². The Hall–Kier alpha value is -1.39. The second-order valence-electron chi connectivity index (χ2n) is 6.64. The number of amides is 1. The van der Waals surface area contributed by atoms with Crippen molar-refractivity contribution >= 4 is 5.91 Å². The maximum absolute atomic E-state index is 12.9. The number of carbonyl (C=O) groups is 1. The van der Waals surface area contributed by atoms with Crippen LogP contribution in [0.3, 0.4) is 0 Å². The van der Waals surface area contributed by atoms with Gasteiger partial charge in [-0.15, -0.1) is 0 Å². The zero-order chi connectivity index (χ0) is 15.4. The second-order valence-corrected chi connectivity index (χ2v) is 6.64. The van der Waals surface area contributed by atoms with Crippen LogP contribution in [-0.2, 0) is 11.3 Å². The monoisotopic (exact) mass is 301 g/mol. The van der Waals surface area contributed by atoms with E-state index in [0.717, 1.165) is 45.4 Å². The van der Waals surface area contributed by atoms with Crippen molar-refractivity contribution in [3.8, 4) is 0 Å². The Morgan fingerprint density at radius 1 is 1.14 bits per heavy atom. The number of likely N-dealkylation sites (tertiary alicyclic amines) is 2. The topological polar surface area (TPSA) is 49.6 Å². The molecule has 1 amide bonds. The van der Waals surface area contributed by atoms with Gasteiger partial charge in [0.05, 0.1) is 6.04 Å². The maximum atomic E-state index is 12.9. The number of hydrogen-bond acceptors (Lipinski definition) is 3. The lowest BCUT2D eigenvalue weighted by Gasteiger charge is -2.36. The molecule has 0 bridgehead atoms. The SMILES string of the molecule is NCC1CCN(C(=O)C2CCCCN2Cc2ccccc2)C1. The van der Waals surface area contributed by atoms with Crippen LogP contribution >= 0.6 is 0 Å². The lowest BCUT2D eigenvalue weighted by Crippen LogP contribution is -2.50. The molecule has 0 spiro atoms. The highest BCUT2D eigenvalue weighted by Crippen LogP contribution is 2.24. The largest absolute Gasteiger partial charge is 0.341 e. The predicted molar refractivity (Wildman–Crippen MR) is 88.2 cm³/mol. The van der Waals surface area contributed by atoms with Crippen molar-refractivity contribution in [2.45, 2.75) is 38.3 Å². The van der Waals surface area contributed by atoms with Crippen LogP contribution in [0.15, 0.2) is 30.3 Å². The average molecular weight is 301 g/mol. The molecule has 3 rings (SSSR count). The van der Waals surface area contributed by atoms with Gasteiger partial charge in [-0.3, -0.25) is 9.69 Å². The fourth-order valence-electron chi connectivity index (χ4n) is 3.71. The van der Waals surface area contributed by atoms with Crippen molar-refractivity contribution in [2.75, 3.05) is 26.2 Å². The van der Waals surface area contributed by atoms with E-state index >= 15 is 0 Å². The van der Waals surface area contributed by atoms with E-state index in [-0.39, 0.29) is 6.04 Å². The van der Waals surface area contributed by atoms with Crippen molar-refractivity contribution in [1.82, 2.24) is 9.80 Å². The minimum atomic E-state index is 0.0606. The summed E-state index contributed by atoms with van der Waals surface area (Å²) in [5.41, 5.74) is 7.05. The molecule has 22 heavy (non-hydrogen) atoms. The van der Waals surface area contributed by atoms with Gasteiger partial charge in [0, 0.05) is 19.6 Å². The molecule has 2 aliphatic heterocycles. The molecule has 2 heterocycles. The molecule has 4 nitrogen and oxygen atoms in total. The molecule has 2 saturated heterocycles. The van der Waals surface area contributed by atoms with E-state index in [0.29, 0.717) is 18.4 Å². The van der Waals surface area contributed by atoms with Crippen molar-refractivity contribution < 1.29 is 4.79 Å². The maximum Gasteiger partial charge on any atom is 0.239 e. The lowest BCUT2D eigenvalue weighted by atomic mass is 10.00. The van der Waals surface area contributed by atoms with E-state index < -0.39 is 0 Å². The highest BCUT2D eigenvalue weighted by atomic mass is 16.2. The highest BCUT2D eigenvalue weighted by Gasteiger charge is 2.34. The summed E-state index contributed by atoms with van der Waals surface area (Å²) in [6, 6.07) is 10.5. The summed E-state index contributed by atoms with van der Waals surface area (Å²) in [5.74, 6) is 0.821. The van der Waals surface area contributed by atoms with Gasteiger partial charge in [-0.05, 0) is 43.8 Å². The standard InChI is InChI=1S/C18H27N3O/c19-12-16-9-11-21(14-16)18(22)17-8-4-5-10-20(17)13-15-6-2-1-3-7-15/h1-3,6-7,16-17H,4-5,8-14,19H2. The van der Waals surface area contributed by atoms with Gasteiger partial charge in [0.1, 0.15) is 0 Å². The van der Waals surface area contributed by atoms with E-state index in [1.807, 2.05) is 11.0 Å². The van der Waals surface area contributed by atoms with Gasteiger partial charge in [-0.2, -0.15) is 0 Å². The first-order valence-electron chi connectivity index (χ1n) is 8.54. The summed E-state index contributed by atoms with van der Waals surface area (Å²) in [6.45, 7) is 4.34. The van der Waals surface area contributed by atoms with Gasteiger partial charge in [-0.25, -0.2) is 0 Å². The predicted octanol–water partition coefficient (Wildman–Crippen LogP) is 1.85. The van der Waals surface area contributed by atoms with Crippen molar-refractivity contribution in [2.24, 2.45) is 11.7 Å². The second kappa shape index (κ2) is 7.25. The fraction of sp³-hybridized carbons (Fsp3) is 0.611. The molecule has 4 heteroatoms. The number of rotatable bonds is 4. The zero-order valence-corrected chi connectivity index (χ0v) is 13.3. The molecule has 2 fully saturated rings. The minimum absolute atomic E-state index is 0.0606. The third kappa shape index (κ3) is 3.50. The molecule has 120 valence electrons. The molecule has 0 saturated carbocycles. The summed E-state index contributed by atoms with van der Waals surface area (Å²) in [4.78, 5) is 17.3. The van der Waals surface area contributed by atoms with Crippen LogP contribution in [0.2, 0.25) is 0 Å². The lowest BCUT2D eigenvalue weighted by molar-refractivity contribution is -0.137. The molecular formula is C18H27N3O. The summed E-state index contributed by atoms with van der Waals surface area (Å²) in [6.07, 6.45) is 4.42. The number of nitrogens with two attached hydrogens (primary N) is 1. The molecule has 2 unspecified atom stereocenters. The summed E-state index contributed by atoms with van der Waals surface area (Å²) in [7, 11) is 0. The quantitative estimate of drug-likeness (QED) is 0.923. The van der Waals surface area contributed by atoms with Crippen LogP contribution in [0.1, 0.15) is 31.2 Å². The molecule has 0 aliphatic carbocycles. The van der Waals surface area contributed by atoms with Crippen LogP contribution in [-0.4, -0.2) is 47.9 Å². The molecule has 0 aromatic heterocycles. The van der Waals surface area contributed by atoms with Gasteiger partial charge in [0.2, 0.25) is 5.91 Å². The molecule has 0 radical (unpaired) electrons. The van der Waals surface area contributed by atoms with Crippen LogP contribution in [0.4, 0.5) is 0 Å². The Labute approximate surface area is 133 Å². The fourth-order valence-corrected chi connectivity index (χ4v) is 3.71. The van der Waals surface area contributed by atoms with Crippen molar-refractivity contribution in [3.05, 3.63) is 35.9 Å². The van der Waals surface area contributed by atoms with E-state index in [1.165, 1.54) is 12.0 Å². The molecular weight excluding hydrogens is 274 g/mol. The third-order valence-electron chi connectivity index (χ3n) is 5.06. The normalized spacial score (nSPS) is 26.3. The Bertz CT molecular complexity index is 490. The minimum Gasteiger partial charge on any atom is -0.341 e. The molecule has 2 atom stereocenters. The highest BCUT2D eigenvalue weighted by molar-refractivity contribution is 5.82. The summed E-state index contributed by atoms with van der Waals surface area (Å²) >= 11 is 0. The molecule has 1 aromatic carbocycles. The number of hydrogen-bond donors (Lipinski definition) is 1. The van der Waals surface area contributed by atoms with Crippen molar-refractivity contribution in [1.29, 1.82) is 0 Å². The number of carbonyl (C=O) groups excluding carboxylic acids is 1. The Balaban J connectivity index is 1.66. The zero-order valence-electron chi connectivity index (χ0n) is 13.3. The van der Waals surface area contributed by atoms with E-state index in [4.69, 9.17) is 5.73 Å². The van der Waals surface area contributed by atoms with Crippen molar-refractivity contribution in [3.63, 3.8) is 0 Å². The summed E-state index contributed by atoms with van der Waals surface area (Å²) in [5, 5.41) is 0. The number of nitrogens with zero attached hydrogens (tertiary/aromatic N) is 2. The first-order chi connectivity index (χ1) is 10.8.